The van der Waals surface area contributed by atoms with Gasteiger partial charge in [-0.15, -0.1) is 0 Å². The molecule has 0 amide bonds. The van der Waals surface area contributed by atoms with Crippen LogP contribution in [-0.4, -0.2) is 40.1 Å². The zero-order chi connectivity index (χ0) is 20.0. The molecule has 1 heterocycles. The summed E-state index contributed by atoms with van der Waals surface area (Å²) in [6.45, 7) is 2.94. The largest absolute Gasteiger partial charge is 0.504 e. The number of phenols is 4. The molecule has 0 radical (unpaired) electrons. The maximum atomic E-state index is 11.6. The molecule has 2 aromatic carbocycles. The summed E-state index contributed by atoms with van der Waals surface area (Å²) in [6, 6.07) is 1.38. The van der Waals surface area contributed by atoms with Crippen LogP contribution in [0.2, 0.25) is 0 Å². The number of aldehydes is 2. The van der Waals surface area contributed by atoms with E-state index < -0.39 is 23.0 Å². The Bertz CT molecular complexity index is 1110. The van der Waals surface area contributed by atoms with E-state index in [2.05, 4.69) is 0 Å². The lowest BCUT2D eigenvalue weighted by atomic mass is 9.96. The summed E-state index contributed by atoms with van der Waals surface area (Å²) in [5.74, 6) is -2.30. The fourth-order valence-electron chi connectivity index (χ4n) is 3.13. The van der Waals surface area contributed by atoms with E-state index in [9.17, 15) is 30.0 Å². The lowest BCUT2D eigenvalue weighted by molar-refractivity contribution is 0.111. The number of carbonyl (C=O) groups is 2. The molecule has 27 heavy (non-hydrogen) atoms. The number of ether oxygens (including phenoxy) is 1. The Labute approximate surface area is 152 Å². The molecule has 4 N–H and O–H groups in total. The molecule has 1 aromatic heterocycles. The van der Waals surface area contributed by atoms with Crippen molar-refractivity contribution in [3.63, 3.8) is 0 Å². The van der Waals surface area contributed by atoms with E-state index in [-0.39, 0.29) is 50.3 Å². The topological polar surface area (TPSA) is 137 Å². The highest BCUT2D eigenvalue weighted by Crippen LogP contribution is 2.49. The van der Waals surface area contributed by atoms with Gasteiger partial charge < -0.3 is 29.6 Å². The summed E-state index contributed by atoms with van der Waals surface area (Å²) in [7, 11) is 1.23. The quantitative estimate of drug-likeness (QED) is 0.405. The minimum Gasteiger partial charge on any atom is -0.504 e. The second-order valence-electron chi connectivity index (χ2n) is 5.97. The van der Waals surface area contributed by atoms with E-state index in [1.165, 1.54) is 27.0 Å². The number of rotatable bonds is 4. The molecular formula is C19H16O8. The summed E-state index contributed by atoms with van der Waals surface area (Å²) >= 11 is 0. The first-order valence-corrected chi connectivity index (χ1v) is 7.79. The van der Waals surface area contributed by atoms with Gasteiger partial charge in [-0.25, -0.2) is 0 Å². The van der Waals surface area contributed by atoms with Crippen molar-refractivity contribution in [1.29, 1.82) is 0 Å². The van der Waals surface area contributed by atoms with Crippen molar-refractivity contribution in [3.8, 4) is 40.1 Å². The Morgan fingerprint density at radius 2 is 1.52 bits per heavy atom. The molecule has 3 rings (SSSR count). The number of fused-ring (bicyclic) bond motifs is 1. The van der Waals surface area contributed by atoms with Crippen molar-refractivity contribution in [2.75, 3.05) is 7.11 Å². The number of carbonyl (C=O) groups excluding carboxylic acids is 2. The minimum absolute atomic E-state index is 0.00116. The molecule has 0 unspecified atom stereocenters. The first kappa shape index (κ1) is 18.1. The second kappa shape index (κ2) is 6.24. The Hall–Kier alpha value is -3.68. The van der Waals surface area contributed by atoms with Crippen LogP contribution < -0.4 is 4.74 Å². The maximum absolute atomic E-state index is 11.6. The van der Waals surface area contributed by atoms with Gasteiger partial charge in [0.05, 0.1) is 12.7 Å². The van der Waals surface area contributed by atoms with Gasteiger partial charge in [0.25, 0.3) is 0 Å². The molecule has 0 fully saturated rings. The van der Waals surface area contributed by atoms with E-state index >= 15 is 0 Å². The number of aromatic hydroxyl groups is 4. The zero-order valence-electron chi connectivity index (χ0n) is 14.7. The smallest absolute Gasteiger partial charge is 0.203 e. The Morgan fingerprint density at radius 1 is 0.889 bits per heavy atom. The molecule has 140 valence electrons. The molecule has 0 aliphatic rings. The van der Waals surface area contributed by atoms with E-state index in [4.69, 9.17) is 9.15 Å². The number of hydrogen-bond donors (Lipinski definition) is 4. The number of methoxy groups -OCH3 is 1. The van der Waals surface area contributed by atoms with Crippen molar-refractivity contribution < 1.29 is 39.2 Å². The Balaban J connectivity index is 2.46. The monoisotopic (exact) mass is 372 g/mol. The van der Waals surface area contributed by atoms with Crippen molar-refractivity contribution >= 4 is 23.5 Å². The van der Waals surface area contributed by atoms with E-state index in [1.54, 1.807) is 0 Å². The highest BCUT2D eigenvalue weighted by atomic mass is 16.5. The van der Waals surface area contributed by atoms with Gasteiger partial charge in [0, 0.05) is 27.6 Å². The number of phenolic OH excluding ortho intramolecular Hbond substituents is 4. The molecule has 8 nitrogen and oxygen atoms in total. The third-order valence-corrected chi connectivity index (χ3v) is 4.59. The molecule has 0 aliphatic heterocycles. The van der Waals surface area contributed by atoms with Crippen LogP contribution in [0.15, 0.2) is 10.5 Å². The predicted octanol–water partition coefficient (Wildman–Crippen LogP) is 3.17. The van der Waals surface area contributed by atoms with Crippen LogP contribution in [0, 0.1) is 13.8 Å². The fraction of sp³-hybridized carbons (Fsp3) is 0.158. The summed E-state index contributed by atoms with van der Waals surface area (Å²) in [6.07, 6.45) is 0.878. The first-order chi connectivity index (χ1) is 12.8. The molecule has 3 aromatic rings. The summed E-state index contributed by atoms with van der Waals surface area (Å²) in [5, 5.41) is 40.9. The Morgan fingerprint density at radius 3 is 2.07 bits per heavy atom. The van der Waals surface area contributed by atoms with Crippen LogP contribution >= 0.6 is 0 Å². The second-order valence-corrected chi connectivity index (χ2v) is 5.97. The van der Waals surface area contributed by atoms with Crippen LogP contribution in [0.3, 0.4) is 0 Å². The fourth-order valence-corrected chi connectivity index (χ4v) is 3.13. The average molecular weight is 372 g/mol. The molecule has 0 bridgehead atoms. The summed E-state index contributed by atoms with van der Waals surface area (Å²) in [4.78, 5) is 23.0. The molecule has 0 saturated carbocycles. The molecular weight excluding hydrogens is 356 g/mol. The average Bonchev–Trinajstić information content (AvgIpc) is 3.08. The van der Waals surface area contributed by atoms with Crippen LogP contribution in [0.25, 0.3) is 22.3 Å². The van der Waals surface area contributed by atoms with Gasteiger partial charge in [0.2, 0.25) is 11.5 Å². The predicted molar refractivity (Wildman–Crippen MR) is 95.1 cm³/mol. The number of benzene rings is 2. The van der Waals surface area contributed by atoms with Crippen molar-refractivity contribution in [1.82, 2.24) is 0 Å². The van der Waals surface area contributed by atoms with Gasteiger partial charge in [-0.1, -0.05) is 0 Å². The standard InChI is InChI=1S/C19H16O8/c1-7-10(5-20)9-4-12(27-18(9)17(25)14(7)22)13-8(2)15(23)19(26-3)16(24)11(13)6-21/h4-6,22-25H,1-3H3. The Kier molecular flexibility index (Phi) is 4.19. The third-order valence-electron chi connectivity index (χ3n) is 4.59. The van der Waals surface area contributed by atoms with Gasteiger partial charge in [0.1, 0.15) is 5.76 Å². The SMILES string of the molecule is COc1c(O)c(C)c(-c2cc3c(C=O)c(C)c(O)c(O)c3o2)c(C=O)c1O. The third kappa shape index (κ3) is 2.37. The molecule has 8 heteroatoms. The van der Waals surface area contributed by atoms with Gasteiger partial charge in [-0.3, -0.25) is 9.59 Å². The van der Waals surface area contributed by atoms with Crippen LogP contribution in [0.1, 0.15) is 31.8 Å². The number of furan rings is 1. The molecule has 0 aliphatic carbocycles. The van der Waals surface area contributed by atoms with Crippen molar-refractivity contribution in [2.24, 2.45) is 0 Å². The molecule has 0 atom stereocenters. The lowest BCUT2D eigenvalue weighted by Crippen LogP contribution is -1.96. The maximum Gasteiger partial charge on any atom is 0.203 e. The van der Waals surface area contributed by atoms with E-state index in [0.29, 0.717) is 12.6 Å². The van der Waals surface area contributed by atoms with Gasteiger partial charge in [-0.05, 0) is 19.9 Å². The molecule has 0 spiro atoms. The van der Waals surface area contributed by atoms with Crippen LogP contribution in [0.5, 0.6) is 28.7 Å². The summed E-state index contributed by atoms with van der Waals surface area (Å²) in [5.41, 5.74) is 0.137. The summed E-state index contributed by atoms with van der Waals surface area (Å²) < 4.78 is 10.5. The lowest BCUT2D eigenvalue weighted by Gasteiger charge is -2.14. The minimum atomic E-state index is -0.579. The van der Waals surface area contributed by atoms with Crippen LogP contribution in [-0.2, 0) is 0 Å². The van der Waals surface area contributed by atoms with Crippen LogP contribution in [0.4, 0.5) is 0 Å². The van der Waals surface area contributed by atoms with E-state index in [0.717, 1.165) is 0 Å². The number of hydrogen-bond acceptors (Lipinski definition) is 8. The van der Waals surface area contributed by atoms with Gasteiger partial charge >= 0.3 is 0 Å². The van der Waals surface area contributed by atoms with Gasteiger partial charge in [0.15, 0.2) is 35.4 Å². The molecule has 0 saturated heterocycles. The van der Waals surface area contributed by atoms with Crippen molar-refractivity contribution in [3.05, 3.63) is 28.3 Å². The first-order valence-electron chi connectivity index (χ1n) is 7.79. The van der Waals surface area contributed by atoms with Crippen molar-refractivity contribution in [2.45, 2.75) is 13.8 Å². The zero-order valence-corrected chi connectivity index (χ0v) is 14.7. The normalized spacial score (nSPS) is 10.9. The highest BCUT2D eigenvalue weighted by Gasteiger charge is 2.27. The highest BCUT2D eigenvalue weighted by molar-refractivity contribution is 6.04. The van der Waals surface area contributed by atoms with Gasteiger partial charge in [-0.2, -0.15) is 0 Å². The van der Waals surface area contributed by atoms with E-state index in [1.807, 2.05) is 0 Å².